The second-order valence-electron chi connectivity index (χ2n) is 5.75. The molecular weight excluding hydrogens is 362 g/mol. The first kappa shape index (κ1) is 16.4. The maximum Gasteiger partial charge on any atom is 0.240 e. The minimum absolute atomic E-state index is 0.119. The maximum absolute atomic E-state index is 12.4. The molecule has 1 aliphatic carbocycles. The zero-order chi connectivity index (χ0) is 17.4. The van der Waals surface area contributed by atoms with Gasteiger partial charge in [0, 0.05) is 5.92 Å². The van der Waals surface area contributed by atoms with Crippen molar-refractivity contribution < 1.29 is 13.2 Å². The molecule has 8 nitrogen and oxygen atoms in total. The molecule has 0 radical (unpaired) electrons. The minimum Gasteiger partial charge on any atom is -0.494 e. The lowest BCUT2D eigenvalue weighted by atomic mass is 10.3. The van der Waals surface area contributed by atoms with Crippen LogP contribution in [0.3, 0.4) is 0 Å². The van der Waals surface area contributed by atoms with Gasteiger partial charge < -0.3 is 4.74 Å². The zero-order valence-corrected chi connectivity index (χ0v) is 15.2. The van der Waals surface area contributed by atoms with Crippen LogP contribution in [-0.4, -0.2) is 34.8 Å². The van der Waals surface area contributed by atoms with Gasteiger partial charge >= 0.3 is 0 Å². The molecule has 1 fully saturated rings. The van der Waals surface area contributed by atoms with E-state index in [0.717, 1.165) is 18.7 Å². The van der Waals surface area contributed by atoms with Gasteiger partial charge in [-0.25, -0.2) is 13.1 Å². The molecule has 0 atom stereocenters. The van der Waals surface area contributed by atoms with Crippen LogP contribution in [0.25, 0.3) is 4.96 Å². The molecule has 0 unspecified atom stereocenters. The number of nitrogens with one attached hydrogen (secondary N) is 1. The summed E-state index contributed by atoms with van der Waals surface area (Å²) < 4.78 is 34.4. The lowest BCUT2D eigenvalue weighted by molar-refractivity contribution is 0.340. The highest BCUT2D eigenvalue weighted by molar-refractivity contribution is 7.89. The van der Waals surface area contributed by atoms with Crippen LogP contribution in [0.2, 0.25) is 0 Å². The van der Waals surface area contributed by atoms with Gasteiger partial charge in [-0.1, -0.05) is 11.3 Å². The summed E-state index contributed by atoms with van der Waals surface area (Å²) in [4.78, 5) is 0.884. The van der Waals surface area contributed by atoms with E-state index in [1.165, 1.54) is 23.5 Å². The standard InChI is InChI=1S/C15H17N5O3S2/c1-2-23-11-5-7-12(8-6-11)25(21,22)16-9-13-19-20-14(10-3-4-10)17-18-15(20)24-13/h5-8,10,16H,2-4,9H2,1H3. The summed E-state index contributed by atoms with van der Waals surface area (Å²) in [6.45, 7) is 2.53. The average Bonchev–Trinajstić information content (AvgIpc) is 3.23. The molecule has 25 heavy (non-hydrogen) atoms. The van der Waals surface area contributed by atoms with Gasteiger partial charge in [0.05, 0.1) is 18.0 Å². The first-order valence-electron chi connectivity index (χ1n) is 8.00. The van der Waals surface area contributed by atoms with Gasteiger partial charge in [-0.2, -0.15) is 9.61 Å². The molecule has 0 spiro atoms. The summed E-state index contributed by atoms with van der Waals surface area (Å²) in [5, 5.41) is 13.3. The van der Waals surface area contributed by atoms with Gasteiger partial charge in [0.25, 0.3) is 0 Å². The number of sulfonamides is 1. The van der Waals surface area contributed by atoms with E-state index in [1.807, 2.05) is 6.92 Å². The molecule has 1 aliphatic rings. The monoisotopic (exact) mass is 379 g/mol. The number of ether oxygens (including phenoxy) is 1. The molecule has 0 aliphatic heterocycles. The van der Waals surface area contributed by atoms with Crippen LogP contribution < -0.4 is 9.46 Å². The molecular formula is C15H17N5O3S2. The summed E-state index contributed by atoms with van der Waals surface area (Å²) in [6.07, 6.45) is 2.22. The van der Waals surface area contributed by atoms with E-state index in [2.05, 4.69) is 20.0 Å². The van der Waals surface area contributed by atoms with Crippen molar-refractivity contribution in [3.8, 4) is 5.75 Å². The highest BCUT2D eigenvalue weighted by Crippen LogP contribution is 2.39. The van der Waals surface area contributed by atoms with Crippen LogP contribution in [0.1, 0.15) is 36.5 Å². The fourth-order valence-electron chi connectivity index (χ4n) is 2.46. The van der Waals surface area contributed by atoms with Gasteiger partial charge in [-0.15, -0.1) is 10.2 Å². The van der Waals surface area contributed by atoms with Crippen molar-refractivity contribution in [2.75, 3.05) is 6.61 Å². The van der Waals surface area contributed by atoms with E-state index < -0.39 is 10.0 Å². The maximum atomic E-state index is 12.4. The number of hydrogen-bond donors (Lipinski definition) is 1. The molecule has 0 saturated heterocycles. The van der Waals surface area contributed by atoms with Crippen molar-refractivity contribution in [2.24, 2.45) is 0 Å². The fourth-order valence-corrected chi connectivity index (χ4v) is 4.32. The van der Waals surface area contributed by atoms with Crippen LogP contribution in [-0.2, 0) is 16.6 Å². The van der Waals surface area contributed by atoms with Crippen LogP contribution in [0.5, 0.6) is 5.75 Å². The number of benzene rings is 1. The number of fused-ring (bicyclic) bond motifs is 1. The summed E-state index contributed by atoms with van der Waals surface area (Å²) in [6, 6.07) is 6.33. The van der Waals surface area contributed by atoms with Crippen molar-refractivity contribution in [1.82, 2.24) is 24.5 Å². The molecule has 1 N–H and O–H groups in total. The Labute approximate surface area is 148 Å². The largest absolute Gasteiger partial charge is 0.494 e. The predicted octanol–water partition coefficient (Wildman–Crippen LogP) is 1.94. The van der Waals surface area contributed by atoms with E-state index in [4.69, 9.17) is 4.74 Å². The Kier molecular flexibility index (Phi) is 4.18. The summed E-state index contributed by atoms with van der Waals surface area (Å²) in [5.74, 6) is 1.94. The van der Waals surface area contributed by atoms with Gasteiger partial charge in [-0.3, -0.25) is 0 Å². The lowest BCUT2D eigenvalue weighted by Crippen LogP contribution is -2.23. The van der Waals surface area contributed by atoms with Crippen molar-refractivity contribution in [1.29, 1.82) is 0 Å². The number of rotatable bonds is 7. The molecule has 2 heterocycles. The molecule has 0 amide bonds. The van der Waals surface area contributed by atoms with Crippen LogP contribution in [0.4, 0.5) is 0 Å². The number of nitrogens with zero attached hydrogens (tertiary/aromatic N) is 4. The third-order valence-electron chi connectivity index (χ3n) is 3.86. The predicted molar refractivity (Wildman–Crippen MR) is 92.3 cm³/mol. The van der Waals surface area contributed by atoms with E-state index >= 15 is 0 Å². The topological polar surface area (TPSA) is 98.5 Å². The van der Waals surface area contributed by atoms with Crippen LogP contribution in [0, 0.1) is 0 Å². The molecule has 2 aromatic heterocycles. The SMILES string of the molecule is CCOc1ccc(S(=O)(=O)NCc2nn3c(C4CC4)nnc3s2)cc1. The molecule has 1 saturated carbocycles. The smallest absolute Gasteiger partial charge is 0.240 e. The first-order chi connectivity index (χ1) is 12.1. The molecule has 0 bridgehead atoms. The first-order valence-corrected chi connectivity index (χ1v) is 10.3. The van der Waals surface area contributed by atoms with Crippen LogP contribution >= 0.6 is 11.3 Å². The Morgan fingerprint density at radius 2 is 2.04 bits per heavy atom. The van der Waals surface area contributed by atoms with E-state index in [1.54, 1.807) is 16.6 Å². The van der Waals surface area contributed by atoms with Crippen LogP contribution in [0.15, 0.2) is 29.2 Å². The molecule has 4 rings (SSSR count). The Hall–Kier alpha value is -2.04. The average molecular weight is 379 g/mol. The summed E-state index contributed by atoms with van der Waals surface area (Å²) >= 11 is 1.34. The Balaban J connectivity index is 1.47. The molecule has 10 heteroatoms. The van der Waals surface area contributed by atoms with E-state index in [0.29, 0.717) is 28.2 Å². The Morgan fingerprint density at radius 3 is 2.72 bits per heavy atom. The lowest BCUT2D eigenvalue weighted by Gasteiger charge is -2.07. The van der Waals surface area contributed by atoms with Gasteiger partial charge in [0.2, 0.25) is 15.0 Å². The third kappa shape index (κ3) is 3.37. The molecule has 3 aromatic rings. The second-order valence-corrected chi connectivity index (χ2v) is 8.56. The van der Waals surface area contributed by atoms with E-state index in [9.17, 15) is 8.42 Å². The highest BCUT2D eigenvalue weighted by atomic mass is 32.2. The normalized spacial score (nSPS) is 14.9. The summed E-state index contributed by atoms with van der Waals surface area (Å²) in [7, 11) is -3.61. The third-order valence-corrected chi connectivity index (χ3v) is 6.17. The van der Waals surface area contributed by atoms with Crippen molar-refractivity contribution >= 4 is 26.3 Å². The van der Waals surface area contributed by atoms with Gasteiger partial charge in [-0.05, 0) is 44.0 Å². The second kappa shape index (κ2) is 6.36. The molecule has 1 aromatic carbocycles. The Bertz CT molecular complexity index is 990. The zero-order valence-electron chi connectivity index (χ0n) is 13.5. The minimum atomic E-state index is -3.61. The van der Waals surface area contributed by atoms with Gasteiger partial charge in [0.15, 0.2) is 5.82 Å². The summed E-state index contributed by atoms with van der Waals surface area (Å²) in [5.41, 5.74) is 0. The fraction of sp³-hybridized carbons (Fsp3) is 0.400. The molecule has 132 valence electrons. The van der Waals surface area contributed by atoms with E-state index in [-0.39, 0.29) is 11.4 Å². The van der Waals surface area contributed by atoms with Gasteiger partial charge in [0.1, 0.15) is 10.8 Å². The number of aromatic nitrogens is 4. The Morgan fingerprint density at radius 1 is 1.28 bits per heavy atom. The quantitative estimate of drug-likeness (QED) is 0.674. The highest BCUT2D eigenvalue weighted by Gasteiger charge is 2.30. The van der Waals surface area contributed by atoms with Crippen molar-refractivity contribution in [2.45, 2.75) is 37.1 Å². The number of hydrogen-bond acceptors (Lipinski definition) is 7. The van der Waals surface area contributed by atoms with Crippen molar-refractivity contribution in [3.63, 3.8) is 0 Å². The van der Waals surface area contributed by atoms with Crippen molar-refractivity contribution in [3.05, 3.63) is 35.1 Å².